The molecule has 2 heteroatoms. The molecule has 2 nitrogen and oxygen atoms in total. The second-order valence-corrected chi connectivity index (χ2v) is 3.57. The summed E-state index contributed by atoms with van der Waals surface area (Å²) in [5, 5.41) is 0. The smallest absolute Gasteiger partial charge is 0.0927 e. The number of rotatable bonds is 5. The zero-order chi connectivity index (χ0) is 8.97. The minimum Gasteiger partial charge on any atom is -0.501 e. The van der Waals surface area contributed by atoms with Gasteiger partial charge in [0, 0.05) is 5.92 Å². The first-order chi connectivity index (χ1) is 5.74. The van der Waals surface area contributed by atoms with Crippen molar-refractivity contribution in [3.63, 3.8) is 0 Å². The molecule has 1 aliphatic heterocycles. The zero-order valence-electron chi connectivity index (χ0n) is 8.17. The number of hydrogen-bond donors (Lipinski definition) is 0. The third-order valence-electron chi connectivity index (χ3n) is 2.04. The van der Waals surface area contributed by atoms with Crippen molar-refractivity contribution in [1.29, 1.82) is 0 Å². The lowest BCUT2D eigenvalue weighted by Crippen LogP contribution is -2.13. The molecule has 0 radical (unpaired) electrons. The van der Waals surface area contributed by atoms with Gasteiger partial charge in [-0.2, -0.15) is 0 Å². The molecule has 12 heavy (non-hydrogen) atoms. The average Bonchev–Trinajstić information content (AvgIpc) is 2.80. The molecule has 0 aromatic rings. The maximum Gasteiger partial charge on any atom is 0.0927 e. The van der Waals surface area contributed by atoms with Crippen LogP contribution in [0.15, 0.2) is 11.8 Å². The van der Waals surface area contributed by atoms with E-state index in [0.29, 0.717) is 12.0 Å². The third-order valence-corrected chi connectivity index (χ3v) is 2.04. The fourth-order valence-corrected chi connectivity index (χ4v) is 1.15. The maximum absolute atomic E-state index is 5.41. The van der Waals surface area contributed by atoms with E-state index in [4.69, 9.17) is 9.47 Å². The van der Waals surface area contributed by atoms with Crippen molar-refractivity contribution in [1.82, 2.24) is 0 Å². The highest BCUT2D eigenvalue weighted by molar-refractivity contribution is 4.87. The van der Waals surface area contributed by atoms with Crippen LogP contribution in [0.4, 0.5) is 0 Å². The Bertz CT molecular complexity index is 155. The number of ether oxygens (including phenoxy) is 2. The number of epoxide rings is 1. The molecule has 0 saturated carbocycles. The molecule has 1 aliphatic rings. The van der Waals surface area contributed by atoms with E-state index in [1.807, 2.05) is 20.1 Å². The van der Waals surface area contributed by atoms with Crippen LogP contribution in [0.25, 0.3) is 0 Å². The minimum absolute atomic E-state index is 0.473. The van der Waals surface area contributed by atoms with Crippen LogP contribution >= 0.6 is 0 Å². The van der Waals surface area contributed by atoms with Crippen molar-refractivity contribution < 1.29 is 9.47 Å². The summed E-state index contributed by atoms with van der Waals surface area (Å²) in [7, 11) is 0. The summed E-state index contributed by atoms with van der Waals surface area (Å²) in [6, 6.07) is 0. The van der Waals surface area contributed by atoms with Gasteiger partial charge in [-0.1, -0.05) is 6.92 Å². The normalized spacial score (nSPS) is 23.1. The van der Waals surface area contributed by atoms with Gasteiger partial charge in [0.15, 0.2) is 0 Å². The van der Waals surface area contributed by atoms with E-state index in [1.54, 1.807) is 0 Å². The Morgan fingerprint density at radius 3 is 2.75 bits per heavy atom. The molecule has 1 saturated heterocycles. The first kappa shape index (κ1) is 9.59. The highest BCUT2D eigenvalue weighted by Crippen LogP contribution is 2.23. The van der Waals surface area contributed by atoms with Gasteiger partial charge in [0.2, 0.25) is 0 Å². The molecule has 0 N–H and O–H groups in total. The van der Waals surface area contributed by atoms with Crippen LogP contribution < -0.4 is 0 Å². The first-order valence-corrected chi connectivity index (χ1v) is 4.60. The fourth-order valence-electron chi connectivity index (χ4n) is 1.15. The van der Waals surface area contributed by atoms with E-state index in [9.17, 15) is 0 Å². The highest BCUT2D eigenvalue weighted by Gasteiger charge is 2.31. The number of allylic oxidation sites excluding steroid dienone is 1. The van der Waals surface area contributed by atoms with Crippen LogP contribution in [-0.2, 0) is 9.47 Å². The van der Waals surface area contributed by atoms with Crippen LogP contribution in [0.5, 0.6) is 0 Å². The first-order valence-electron chi connectivity index (χ1n) is 4.60. The fraction of sp³-hybridized carbons (Fsp3) is 0.800. The highest BCUT2D eigenvalue weighted by atomic mass is 16.6. The SMILES string of the molecule is CCC(COC=C(C)C)C1CO1. The van der Waals surface area contributed by atoms with Gasteiger partial charge in [-0.05, 0) is 25.8 Å². The van der Waals surface area contributed by atoms with Gasteiger partial charge >= 0.3 is 0 Å². The van der Waals surface area contributed by atoms with Crippen molar-refractivity contribution in [3.8, 4) is 0 Å². The average molecular weight is 170 g/mol. The molecular weight excluding hydrogens is 152 g/mol. The van der Waals surface area contributed by atoms with E-state index in [1.165, 1.54) is 5.57 Å². The lowest BCUT2D eigenvalue weighted by atomic mass is 10.0. The molecule has 1 rings (SSSR count). The Labute approximate surface area is 74.6 Å². The van der Waals surface area contributed by atoms with E-state index in [-0.39, 0.29) is 0 Å². The van der Waals surface area contributed by atoms with Gasteiger partial charge in [0.05, 0.1) is 25.6 Å². The Morgan fingerprint density at radius 2 is 2.33 bits per heavy atom. The molecule has 0 aliphatic carbocycles. The molecule has 70 valence electrons. The van der Waals surface area contributed by atoms with E-state index in [2.05, 4.69) is 6.92 Å². The quantitative estimate of drug-likeness (QED) is 0.466. The topological polar surface area (TPSA) is 21.8 Å². The van der Waals surface area contributed by atoms with Gasteiger partial charge in [-0.15, -0.1) is 0 Å². The zero-order valence-corrected chi connectivity index (χ0v) is 8.17. The monoisotopic (exact) mass is 170 g/mol. The molecule has 0 aromatic carbocycles. The molecule has 0 spiro atoms. The Kier molecular flexibility index (Phi) is 3.60. The molecule has 0 amide bonds. The van der Waals surface area contributed by atoms with E-state index < -0.39 is 0 Å². The molecule has 2 atom stereocenters. The largest absolute Gasteiger partial charge is 0.501 e. The summed E-state index contributed by atoms with van der Waals surface area (Å²) in [6.45, 7) is 7.98. The predicted octanol–water partition coefficient (Wildman–Crippen LogP) is 2.35. The van der Waals surface area contributed by atoms with Gasteiger partial charge in [0.25, 0.3) is 0 Å². The summed E-state index contributed by atoms with van der Waals surface area (Å²) < 4.78 is 10.6. The van der Waals surface area contributed by atoms with Crippen molar-refractivity contribution in [2.24, 2.45) is 5.92 Å². The third kappa shape index (κ3) is 3.26. The lowest BCUT2D eigenvalue weighted by Gasteiger charge is -2.10. The van der Waals surface area contributed by atoms with Gasteiger partial charge < -0.3 is 9.47 Å². The van der Waals surface area contributed by atoms with Crippen molar-refractivity contribution in [3.05, 3.63) is 11.8 Å². The second kappa shape index (κ2) is 4.51. The summed E-state index contributed by atoms with van der Waals surface area (Å²) in [5.74, 6) is 0.584. The summed E-state index contributed by atoms with van der Waals surface area (Å²) >= 11 is 0. The lowest BCUT2D eigenvalue weighted by molar-refractivity contribution is 0.164. The van der Waals surface area contributed by atoms with Crippen molar-refractivity contribution in [2.45, 2.75) is 33.3 Å². The van der Waals surface area contributed by atoms with E-state index >= 15 is 0 Å². The molecular formula is C10H18O2. The second-order valence-electron chi connectivity index (χ2n) is 3.57. The predicted molar refractivity (Wildman–Crippen MR) is 48.9 cm³/mol. The standard InChI is InChI=1S/C10H18O2/c1-4-9(10-7-12-10)6-11-5-8(2)3/h5,9-10H,4,6-7H2,1-3H3. The van der Waals surface area contributed by atoms with Gasteiger partial charge in [-0.3, -0.25) is 0 Å². The molecule has 1 heterocycles. The molecule has 0 aromatic heterocycles. The van der Waals surface area contributed by atoms with Crippen molar-refractivity contribution >= 4 is 0 Å². The Hall–Kier alpha value is -0.500. The summed E-state index contributed by atoms with van der Waals surface area (Å²) in [6.07, 6.45) is 3.44. The number of hydrogen-bond acceptors (Lipinski definition) is 2. The van der Waals surface area contributed by atoms with Crippen molar-refractivity contribution in [2.75, 3.05) is 13.2 Å². The van der Waals surface area contributed by atoms with Crippen LogP contribution in [0.2, 0.25) is 0 Å². The van der Waals surface area contributed by atoms with Crippen LogP contribution in [0.3, 0.4) is 0 Å². The molecule has 1 fully saturated rings. The Balaban J connectivity index is 2.14. The van der Waals surface area contributed by atoms with Crippen LogP contribution in [-0.4, -0.2) is 19.3 Å². The van der Waals surface area contributed by atoms with E-state index in [0.717, 1.165) is 19.6 Å². The van der Waals surface area contributed by atoms with Crippen LogP contribution in [0, 0.1) is 5.92 Å². The summed E-state index contributed by atoms with van der Waals surface area (Å²) in [5.41, 5.74) is 1.21. The molecule has 0 bridgehead atoms. The van der Waals surface area contributed by atoms with Crippen LogP contribution in [0.1, 0.15) is 27.2 Å². The summed E-state index contributed by atoms with van der Waals surface area (Å²) in [4.78, 5) is 0. The Morgan fingerprint density at radius 1 is 1.67 bits per heavy atom. The maximum atomic E-state index is 5.41. The van der Waals surface area contributed by atoms with Gasteiger partial charge in [0.1, 0.15) is 0 Å². The molecule has 2 unspecified atom stereocenters. The van der Waals surface area contributed by atoms with Gasteiger partial charge in [-0.25, -0.2) is 0 Å². The minimum atomic E-state index is 0.473.